The predicted molar refractivity (Wildman–Crippen MR) is 109 cm³/mol. The van der Waals surface area contributed by atoms with Crippen LogP contribution >= 0.6 is 0 Å². The first-order valence-corrected chi connectivity index (χ1v) is 9.37. The van der Waals surface area contributed by atoms with Gasteiger partial charge in [0.05, 0.1) is 30.5 Å². The quantitative estimate of drug-likeness (QED) is 0.601. The van der Waals surface area contributed by atoms with Gasteiger partial charge in [0.25, 0.3) is 5.56 Å². The molecule has 150 valence electrons. The summed E-state index contributed by atoms with van der Waals surface area (Å²) in [5.74, 6) is -0.199. The molecular formula is C22H23N3O4. The molecule has 1 atom stereocenters. The van der Waals surface area contributed by atoms with Gasteiger partial charge in [-0.3, -0.25) is 14.4 Å². The van der Waals surface area contributed by atoms with Crippen molar-refractivity contribution in [3.05, 3.63) is 75.8 Å². The maximum absolute atomic E-state index is 12.5. The lowest BCUT2D eigenvalue weighted by molar-refractivity contribution is -0.141. The molecular weight excluding hydrogens is 370 g/mol. The van der Waals surface area contributed by atoms with Crippen molar-refractivity contribution in [3.63, 3.8) is 0 Å². The Labute approximate surface area is 168 Å². The van der Waals surface area contributed by atoms with Crippen LogP contribution in [0.2, 0.25) is 0 Å². The van der Waals surface area contributed by atoms with Gasteiger partial charge in [-0.15, -0.1) is 0 Å². The van der Waals surface area contributed by atoms with Crippen molar-refractivity contribution in [2.24, 2.45) is 0 Å². The topological polar surface area (TPSA) is 101 Å². The Hall–Kier alpha value is -3.48. The number of aryl methyl sites for hydroxylation is 2. The number of rotatable bonds is 7. The van der Waals surface area contributed by atoms with E-state index in [1.807, 2.05) is 37.3 Å². The molecule has 1 heterocycles. The largest absolute Gasteiger partial charge is 0.469 e. The molecule has 2 aromatic carbocycles. The van der Waals surface area contributed by atoms with E-state index in [1.54, 1.807) is 18.2 Å². The van der Waals surface area contributed by atoms with Crippen LogP contribution in [-0.2, 0) is 20.7 Å². The zero-order chi connectivity index (χ0) is 20.8. The first-order chi connectivity index (χ1) is 14.0. The van der Waals surface area contributed by atoms with Crippen molar-refractivity contribution in [1.82, 2.24) is 15.3 Å². The van der Waals surface area contributed by atoms with Crippen molar-refractivity contribution in [2.45, 2.75) is 32.2 Å². The number of carbonyl (C=O) groups excluding carboxylic acids is 2. The van der Waals surface area contributed by atoms with Crippen LogP contribution in [0.25, 0.3) is 10.9 Å². The summed E-state index contributed by atoms with van der Waals surface area (Å²) in [6.07, 6.45) is 0.450. The number of hydrogen-bond donors (Lipinski definition) is 2. The summed E-state index contributed by atoms with van der Waals surface area (Å²) in [5, 5.41) is 3.39. The number of nitrogens with zero attached hydrogens (tertiary/aromatic N) is 1. The Bertz CT molecular complexity index is 1070. The second kappa shape index (κ2) is 9.14. The third-order valence-electron chi connectivity index (χ3n) is 4.66. The highest BCUT2D eigenvalue weighted by atomic mass is 16.5. The number of carbonyl (C=O) groups is 2. The molecule has 3 rings (SSSR count). The van der Waals surface area contributed by atoms with Crippen LogP contribution in [0.15, 0.2) is 53.3 Å². The number of esters is 1. The summed E-state index contributed by atoms with van der Waals surface area (Å²) in [6, 6.07) is 14.2. The van der Waals surface area contributed by atoms with Crippen LogP contribution in [0.4, 0.5) is 0 Å². The van der Waals surface area contributed by atoms with Crippen LogP contribution < -0.4 is 10.9 Å². The van der Waals surface area contributed by atoms with Crippen LogP contribution in [0.1, 0.15) is 35.8 Å². The predicted octanol–water partition coefficient (Wildman–Crippen LogP) is 2.58. The Morgan fingerprint density at radius 1 is 1.14 bits per heavy atom. The molecule has 1 amide bonds. The first kappa shape index (κ1) is 20.3. The number of nitrogens with one attached hydrogen (secondary N) is 2. The van der Waals surface area contributed by atoms with Crippen LogP contribution in [0, 0.1) is 6.92 Å². The standard InChI is InChI=1S/C22H23N3O4/c1-14-7-9-15(10-8-14)18(13-21(27)29-2)24-20(26)12-11-19-23-17-6-4-3-5-16(17)22(28)25-19/h3-10,18H,11-13H2,1-2H3,(H,24,26)(H,23,25,28)/t18-/m1/s1. The Morgan fingerprint density at radius 2 is 1.86 bits per heavy atom. The highest BCUT2D eigenvalue weighted by molar-refractivity contribution is 5.79. The van der Waals surface area contributed by atoms with Crippen LogP contribution in [0.3, 0.4) is 0 Å². The van der Waals surface area contributed by atoms with E-state index in [-0.39, 0.29) is 30.7 Å². The lowest BCUT2D eigenvalue weighted by Gasteiger charge is -2.18. The van der Waals surface area contributed by atoms with Crippen molar-refractivity contribution in [2.75, 3.05) is 7.11 Å². The summed E-state index contributed by atoms with van der Waals surface area (Å²) >= 11 is 0. The molecule has 7 nitrogen and oxygen atoms in total. The van der Waals surface area contributed by atoms with Gasteiger partial charge >= 0.3 is 5.97 Å². The highest BCUT2D eigenvalue weighted by Crippen LogP contribution is 2.18. The summed E-state index contributed by atoms with van der Waals surface area (Å²) < 4.78 is 4.75. The Balaban J connectivity index is 1.69. The van der Waals surface area contributed by atoms with Crippen molar-refractivity contribution in [3.8, 4) is 0 Å². The monoisotopic (exact) mass is 393 g/mol. The fourth-order valence-corrected chi connectivity index (χ4v) is 3.05. The van der Waals surface area contributed by atoms with E-state index in [0.29, 0.717) is 16.7 Å². The van der Waals surface area contributed by atoms with Gasteiger partial charge < -0.3 is 15.0 Å². The number of fused-ring (bicyclic) bond motifs is 1. The van der Waals surface area contributed by atoms with Gasteiger partial charge in [0.2, 0.25) is 5.91 Å². The second-order valence-corrected chi connectivity index (χ2v) is 6.84. The molecule has 3 aromatic rings. The van der Waals surface area contributed by atoms with Crippen molar-refractivity contribution in [1.29, 1.82) is 0 Å². The van der Waals surface area contributed by atoms with E-state index in [4.69, 9.17) is 4.74 Å². The van der Waals surface area contributed by atoms with Gasteiger partial charge in [-0.05, 0) is 24.6 Å². The molecule has 7 heteroatoms. The number of methoxy groups -OCH3 is 1. The maximum atomic E-state index is 12.5. The summed E-state index contributed by atoms with van der Waals surface area (Å²) in [4.78, 5) is 43.5. The van der Waals surface area contributed by atoms with E-state index in [1.165, 1.54) is 7.11 Å². The molecule has 0 aliphatic carbocycles. The average Bonchev–Trinajstić information content (AvgIpc) is 2.72. The van der Waals surface area contributed by atoms with Crippen LogP contribution in [-0.4, -0.2) is 29.0 Å². The van der Waals surface area contributed by atoms with Gasteiger partial charge in [-0.2, -0.15) is 0 Å². The molecule has 0 bridgehead atoms. The fourth-order valence-electron chi connectivity index (χ4n) is 3.05. The van der Waals surface area contributed by atoms with E-state index in [9.17, 15) is 14.4 Å². The maximum Gasteiger partial charge on any atom is 0.307 e. The van der Waals surface area contributed by atoms with Gasteiger partial charge in [-0.1, -0.05) is 42.0 Å². The molecule has 2 N–H and O–H groups in total. The molecule has 0 saturated heterocycles. The number of benzene rings is 2. The summed E-state index contributed by atoms with van der Waals surface area (Å²) in [5.41, 5.74) is 2.28. The average molecular weight is 393 g/mol. The molecule has 0 fully saturated rings. The minimum atomic E-state index is -0.487. The number of aromatic amines is 1. The first-order valence-electron chi connectivity index (χ1n) is 9.37. The minimum Gasteiger partial charge on any atom is -0.469 e. The number of aromatic nitrogens is 2. The fraction of sp³-hybridized carbons (Fsp3) is 0.273. The molecule has 1 aromatic heterocycles. The molecule has 0 saturated carbocycles. The number of hydrogen-bond acceptors (Lipinski definition) is 5. The van der Waals surface area contributed by atoms with Crippen molar-refractivity contribution >= 4 is 22.8 Å². The molecule has 29 heavy (non-hydrogen) atoms. The van der Waals surface area contributed by atoms with Gasteiger partial charge in [0, 0.05) is 12.8 Å². The second-order valence-electron chi connectivity index (χ2n) is 6.84. The van der Waals surface area contributed by atoms with E-state index >= 15 is 0 Å². The van der Waals surface area contributed by atoms with Gasteiger partial charge in [0.15, 0.2) is 0 Å². The number of ether oxygens (including phenoxy) is 1. The highest BCUT2D eigenvalue weighted by Gasteiger charge is 2.19. The minimum absolute atomic E-state index is 0.0381. The van der Waals surface area contributed by atoms with Crippen molar-refractivity contribution < 1.29 is 14.3 Å². The number of para-hydroxylation sites is 1. The molecule has 0 aliphatic heterocycles. The van der Waals surface area contributed by atoms with Gasteiger partial charge in [-0.25, -0.2) is 4.98 Å². The zero-order valence-corrected chi connectivity index (χ0v) is 16.4. The Kier molecular flexibility index (Phi) is 6.39. The third-order valence-corrected chi connectivity index (χ3v) is 4.66. The summed E-state index contributed by atoms with van der Waals surface area (Å²) in [6.45, 7) is 1.97. The lowest BCUT2D eigenvalue weighted by Crippen LogP contribution is -2.31. The molecule has 0 unspecified atom stereocenters. The number of H-pyrrole nitrogens is 1. The summed E-state index contributed by atoms with van der Waals surface area (Å²) in [7, 11) is 1.32. The molecule has 0 aliphatic rings. The van der Waals surface area contributed by atoms with E-state index in [0.717, 1.165) is 11.1 Å². The van der Waals surface area contributed by atoms with Gasteiger partial charge in [0.1, 0.15) is 5.82 Å². The molecule has 0 spiro atoms. The normalized spacial score (nSPS) is 11.8. The van der Waals surface area contributed by atoms with Crippen LogP contribution in [0.5, 0.6) is 0 Å². The molecule has 0 radical (unpaired) electrons. The zero-order valence-electron chi connectivity index (χ0n) is 16.4. The lowest BCUT2D eigenvalue weighted by atomic mass is 10.0. The third kappa shape index (κ3) is 5.28. The van der Waals surface area contributed by atoms with E-state index < -0.39 is 12.0 Å². The smallest absolute Gasteiger partial charge is 0.307 e. The Morgan fingerprint density at radius 3 is 2.59 bits per heavy atom. The SMILES string of the molecule is COC(=O)C[C@@H](NC(=O)CCc1nc2ccccc2c(=O)[nH]1)c1ccc(C)cc1. The number of amides is 1. The van der Waals surface area contributed by atoms with E-state index in [2.05, 4.69) is 15.3 Å².